The van der Waals surface area contributed by atoms with E-state index in [2.05, 4.69) is 4.72 Å². The molecule has 20 heavy (non-hydrogen) atoms. The second-order valence-corrected chi connectivity index (χ2v) is 7.66. The largest absolute Gasteiger partial charge is 0.492 e. The van der Waals surface area contributed by atoms with E-state index in [-0.39, 0.29) is 9.23 Å². The Morgan fingerprint density at radius 1 is 1.30 bits per heavy atom. The summed E-state index contributed by atoms with van der Waals surface area (Å²) in [5.41, 5.74) is 0.354. The average molecular weight is 352 g/mol. The third-order valence-electron chi connectivity index (χ3n) is 2.35. The van der Waals surface area contributed by atoms with Gasteiger partial charge < -0.3 is 4.74 Å². The third-order valence-corrected chi connectivity index (χ3v) is 5.46. The minimum atomic E-state index is -3.80. The topological polar surface area (TPSA) is 55.4 Å². The minimum absolute atomic E-state index is 0.0412. The van der Waals surface area contributed by atoms with Crippen LogP contribution in [-0.4, -0.2) is 15.0 Å². The zero-order valence-electron chi connectivity index (χ0n) is 10.4. The number of hydrogen-bond acceptors (Lipinski definition) is 4. The van der Waals surface area contributed by atoms with Crippen LogP contribution >= 0.6 is 34.5 Å². The van der Waals surface area contributed by atoms with Gasteiger partial charge in [0.25, 0.3) is 10.0 Å². The van der Waals surface area contributed by atoms with Crippen LogP contribution < -0.4 is 9.46 Å². The van der Waals surface area contributed by atoms with E-state index in [1.165, 1.54) is 6.07 Å². The molecule has 0 saturated heterocycles. The maximum atomic E-state index is 12.3. The highest BCUT2D eigenvalue weighted by atomic mass is 35.5. The fourth-order valence-corrected chi connectivity index (χ4v) is 4.76. The maximum Gasteiger partial charge on any atom is 0.264 e. The molecule has 0 amide bonds. The van der Waals surface area contributed by atoms with Gasteiger partial charge >= 0.3 is 0 Å². The molecule has 0 aliphatic heterocycles. The van der Waals surface area contributed by atoms with Gasteiger partial charge in [-0.3, -0.25) is 4.72 Å². The highest BCUT2D eigenvalue weighted by Gasteiger charge is 2.22. The molecule has 0 radical (unpaired) electrons. The Labute approximate surface area is 131 Å². The zero-order chi connectivity index (χ0) is 14.8. The Morgan fingerprint density at radius 2 is 2.00 bits per heavy atom. The number of rotatable bonds is 5. The Balaban J connectivity index is 2.36. The second kappa shape index (κ2) is 6.22. The van der Waals surface area contributed by atoms with Crippen LogP contribution in [0.3, 0.4) is 0 Å². The summed E-state index contributed by atoms with van der Waals surface area (Å²) in [5.74, 6) is 0.455. The van der Waals surface area contributed by atoms with Crippen molar-refractivity contribution in [1.29, 1.82) is 0 Å². The molecule has 0 aliphatic rings. The number of thiophene rings is 1. The van der Waals surface area contributed by atoms with Gasteiger partial charge in [0.05, 0.1) is 16.6 Å². The lowest BCUT2D eigenvalue weighted by Crippen LogP contribution is -2.13. The molecule has 0 atom stereocenters. The van der Waals surface area contributed by atoms with Crippen molar-refractivity contribution in [3.63, 3.8) is 0 Å². The number of para-hydroxylation sites is 2. The molecule has 0 spiro atoms. The normalized spacial score (nSPS) is 11.3. The number of nitrogens with one attached hydrogen (secondary N) is 1. The minimum Gasteiger partial charge on any atom is -0.492 e. The van der Waals surface area contributed by atoms with Gasteiger partial charge in [-0.05, 0) is 25.1 Å². The van der Waals surface area contributed by atoms with Crippen molar-refractivity contribution >= 4 is 50.2 Å². The quantitative estimate of drug-likeness (QED) is 0.875. The molecule has 0 saturated carbocycles. The number of ether oxygens (including phenoxy) is 1. The second-order valence-electron chi connectivity index (χ2n) is 3.72. The lowest BCUT2D eigenvalue weighted by Gasteiger charge is -2.12. The highest BCUT2D eigenvalue weighted by molar-refractivity contribution is 7.93. The zero-order valence-corrected chi connectivity index (χ0v) is 13.5. The summed E-state index contributed by atoms with van der Waals surface area (Å²) < 4.78 is 32.8. The van der Waals surface area contributed by atoms with E-state index in [0.29, 0.717) is 22.4 Å². The summed E-state index contributed by atoms with van der Waals surface area (Å²) in [5, 5.41) is 0. The predicted molar refractivity (Wildman–Crippen MR) is 82.8 cm³/mol. The molecule has 1 N–H and O–H groups in total. The van der Waals surface area contributed by atoms with Crippen LogP contribution in [0.5, 0.6) is 5.75 Å². The molecule has 4 nitrogen and oxygen atoms in total. The molecule has 1 aromatic carbocycles. The molecular weight excluding hydrogens is 341 g/mol. The molecule has 2 rings (SSSR count). The van der Waals surface area contributed by atoms with Crippen LogP contribution in [0.1, 0.15) is 6.92 Å². The van der Waals surface area contributed by atoms with Gasteiger partial charge in [0.15, 0.2) is 0 Å². The van der Waals surface area contributed by atoms with Crippen molar-refractivity contribution in [2.45, 2.75) is 11.8 Å². The van der Waals surface area contributed by atoms with Crippen LogP contribution in [0.4, 0.5) is 5.69 Å². The number of halogens is 2. The first-order chi connectivity index (χ1) is 9.44. The molecule has 8 heteroatoms. The monoisotopic (exact) mass is 351 g/mol. The Kier molecular flexibility index (Phi) is 4.80. The molecule has 0 fully saturated rings. The van der Waals surface area contributed by atoms with Gasteiger partial charge in [-0.2, -0.15) is 0 Å². The molecule has 2 aromatic rings. The fourth-order valence-electron chi connectivity index (χ4n) is 1.54. The first kappa shape index (κ1) is 15.4. The van der Waals surface area contributed by atoms with Crippen molar-refractivity contribution < 1.29 is 13.2 Å². The number of hydrogen-bond donors (Lipinski definition) is 1. The molecule has 0 unspecified atom stereocenters. The summed E-state index contributed by atoms with van der Waals surface area (Å²) in [7, 11) is -3.80. The van der Waals surface area contributed by atoms with Gasteiger partial charge in [-0.25, -0.2) is 8.42 Å². The van der Waals surface area contributed by atoms with Gasteiger partial charge in [0.1, 0.15) is 15.0 Å². The van der Waals surface area contributed by atoms with Crippen LogP contribution in [0.2, 0.25) is 8.67 Å². The highest BCUT2D eigenvalue weighted by Crippen LogP contribution is 2.36. The van der Waals surface area contributed by atoms with Gasteiger partial charge in [0, 0.05) is 0 Å². The standard InChI is InChI=1S/C12H11Cl2NO3S2/c1-2-18-9-6-4-3-5-8(9)15-20(16,17)10-7-11(13)19-12(10)14/h3-7,15H,2H2,1H3. The smallest absolute Gasteiger partial charge is 0.264 e. The number of anilines is 1. The molecule has 0 aliphatic carbocycles. The van der Waals surface area contributed by atoms with Gasteiger partial charge in [0.2, 0.25) is 0 Å². The van der Waals surface area contributed by atoms with Crippen LogP contribution in [0.15, 0.2) is 35.2 Å². The average Bonchev–Trinajstić information content (AvgIpc) is 2.72. The summed E-state index contributed by atoms with van der Waals surface area (Å²) in [6, 6.07) is 8.09. The molecule has 0 bridgehead atoms. The van der Waals surface area contributed by atoms with Crippen molar-refractivity contribution in [3.8, 4) is 5.75 Å². The van der Waals surface area contributed by atoms with E-state index in [4.69, 9.17) is 27.9 Å². The van der Waals surface area contributed by atoms with Crippen LogP contribution in [-0.2, 0) is 10.0 Å². The van der Waals surface area contributed by atoms with Crippen molar-refractivity contribution in [3.05, 3.63) is 39.0 Å². The molecule has 1 aromatic heterocycles. The SMILES string of the molecule is CCOc1ccccc1NS(=O)(=O)c1cc(Cl)sc1Cl. The van der Waals surface area contributed by atoms with E-state index in [9.17, 15) is 8.42 Å². The summed E-state index contributed by atoms with van der Waals surface area (Å²) >= 11 is 12.7. The Bertz CT molecular complexity index is 713. The summed E-state index contributed by atoms with van der Waals surface area (Å²) in [6.07, 6.45) is 0. The van der Waals surface area contributed by atoms with Gasteiger partial charge in [-0.15, -0.1) is 11.3 Å². The third kappa shape index (κ3) is 3.38. The van der Waals surface area contributed by atoms with Crippen molar-refractivity contribution in [2.24, 2.45) is 0 Å². The Hall–Kier alpha value is -0.950. The van der Waals surface area contributed by atoms with E-state index in [0.717, 1.165) is 11.3 Å². The molecule has 1 heterocycles. The number of sulfonamides is 1. The first-order valence-corrected chi connectivity index (χ1v) is 8.69. The summed E-state index contributed by atoms with van der Waals surface area (Å²) in [6.45, 7) is 2.25. The van der Waals surface area contributed by atoms with E-state index >= 15 is 0 Å². The van der Waals surface area contributed by atoms with Gasteiger partial charge in [-0.1, -0.05) is 35.3 Å². The van der Waals surface area contributed by atoms with Crippen LogP contribution in [0.25, 0.3) is 0 Å². The molecular formula is C12H11Cl2NO3S2. The predicted octanol–water partition coefficient (Wildman–Crippen LogP) is 4.25. The Morgan fingerprint density at radius 3 is 2.60 bits per heavy atom. The maximum absolute atomic E-state index is 12.3. The molecule has 108 valence electrons. The van der Waals surface area contributed by atoms with E-state index in [1.54, 1.807) is 24.3 Å². The summed E-state index contributed by atoms with van der Waals surface area (Å²) in [4.78, 5) is -0.0412. The van der Waals surface area contributed by atoms with Crippen LogP contribution in [0, 0.1) is 0 Å². The lowest BCUT2D eigenvalue weighted by atomic mass is 10.3. The van der Waals surface area contributed by atoms with E-state index in [1.807, 2.05) is 6.92 Å². The number of benzene rings is 1. The fraction of sp³-hybridized carbons (Fsp3) is 0.167. The van der Waals surface area contributed by atoms with E-state index < -0.39 is 10.0 Å². The van der Waals surface area contributed by atoms with Crippen molar-refractivity contribution in [2.75, 3.05) is 11.3 Å². The van der Waals surface area contributed by atoms with Crippen molar-refractivity contribution in [1.82, 2.24) is 0 Å². The first-order valence-electron chi connectivity index (χ1n) is 5.63. The lowest BCUT2D eigenvalue weighted by molar-refractivity contribution is 0.342.